The molecule has 2 aromatic rings. The molecule has 2 aromatic carbocycles. The quantitative estimate of drug-likeness (QED) is 0.740. The summed E-state index contributed by atoms with van der Waals surface area (Å²) < 4.78 is 27.3. The van der Waals surface area contributed by atoms with Gasteiger partial charge in [0.2, 0.25) is 10.0 Å². The minimum Gasteiger partial charge on any atom is -0.395 e. The summed E-state index contributed by atoms with van der Waals surface area (Å²) in [5.41, 5.74) is 0.993. The minimum atomic E-state index is -3.69. The first-order valence-electron chi connectivity index (χ1n) is 7.68. The molecule has 0 saturated heterocycles. The van der Waals surface area contributed by atoms with Crippen LogP contribution in [0.1, 0.15) is 19.4 Å². The van der Waals surface area contributed by atoms with E-state index in [-0.39, 0.29) is 11.5 Å². The van der Waals surface area contributed by atoms with E-state index in [1.54, 1.807) is 24.3 Å². The normalized spacial score (nSPS) is 13.7. The van der Waals surface area contributed by atoms with Crippen LogP contribution in [-0.2, 0) is 10.0 Å². The summed E-state index contributed by atoms with van der Waals surface area (Å²) in [6.45, 7) is 5.46. The fraction of sp³-hybridized carbons (Fsp3) is 0.333. The predicted molar refractivity (Wildman–Crippen MR) is 98.8 cm³/mol. The number of benzene rings is 2. The number of sulfonamides is 1. The van der Waals surface area contributed by atoms with Crippen LogP contribution in [0.5, 0.6) is 0 Å². The van der Waals surface area contributed by atoms with Crippen molar-refractivity contribution in [1.82, 2.24) is 4.72 Å². The van der Waals surface area contributed by atoms with E-state index >= 15 is 0 Å². The molecule has 1 unspecified atom stereocenters. The van der Waals surface area contributed by atoms with Gasteiger partial charge < -0.3 is 5.11 Å². The minimum absolute atomic E-state index is 0.201. The third kappa shape index (κ3) is 4.83. The van der Waals surface area contributed by atoms with E-state index in [1.807, 2.05) is 51.1 Å². The zero-order valence-electron chi connectivity index (χ0n) is 14.1. The largest absolute Gasteiger partial charge is 0.395 e. The van der Waals surface area contributed by atoms with Crippen molar-refractivity contribution in [3.05, 3.63) is 60.2 Å². The van der Waals surface area contributed by atoms with Gasteiger partial charge in [-0.3, -0.25) is 0 Å². The number of aryl methyl sites for hydroxylation is 1. The number of hydrogen-bond acceptors (Lipinski definition) is 4. The van der Waals surface area contributed by atoms with Crippen LogP contribution in [0.4, 0.5) is 0 Å². The van der Waals surface area contributed by atoms with Gasteiger partial charge in [-0.15, -0.1) is 11.8 Å². The molecule has 4 nitrogen and oxygen atoms in total. The van der Waals surface area contributed by atoms with Gasteiger partial charge in [-0.1, -0.05) is 35.9 Å². The summed E-state index contributed by atoms with van der Waals surface area (Å²) in [6, 6.07) is 15.8. The smallest absolute Gasteiger partial charge is 0.240 e. The van der Waals surface area contributed by atoms with Gasteiger partial charge in [0.1, 0.15) is 0 Å². The van der Waals surface area contributed by atoms with E-state index < -0.39 is 20.8 Å². The van der Waals surface area contributed by atoms with Crippen molar-refractivity contribution in [1.29, 1.82) is 0 Å². The maximum Gasteiger partial charge on any atom is 0.240 e. The predicted octanol–water partition coefficient (Wildman–Crippen LogP) is 3.21. The van der Waals surface area contributed by atoms with E-state index in [0.29, 0.717) is 0 Å². The Labute approximate surface area is 148 Å². The molecule has 1 atom stereocenters. The molecule has 0 saturated carbocycles. The molecule has 0 aliphatic rings. The third-order valence-electron chi connectivity index (χ3n) is 3.77. The fourth-order valence-corrected chi connectivity index (χ4v) is 4.86. The molecule has 6 heteroatoms. The lowest BCUT2D eigenvalue weighted by Gasteiger charge is -2.33. The molecule has 0 radical (unpaired) electrons. The molecule has 130 valence electrons. The van der Waals surface area contributed by atoms with Crippen LogP contribution in [0.25, 0.3) is 0 Å². The topological polar surface area (TPSA) is 66.4 Å². The van der Waals surface area contributed by atoms with Crippen molar-refractivity contribution in [2.75, 3.05) is 6.61 Å². The Morgan fingerprint density at radius 3 is 2.21 bits per heavy atom. The first-order chi connectivity index (χ1) is 11.2. The molecule has 2 N–H and O–H groups in total. The van der Waals surface area contributed by atoms with Crippen LogP contribution in [-0.4, -0.2) is 30.9 Å². The van der Waals surface area contributed by atoms with E-state index in [9.17, 15) is 13.5 Å². The van der Waals surface area contributed by atoms with E-state index in [2.05, 4.69) is 4.72 Å². The van der Waals surface area contributed by atoms with Gasteiger partial charge in [0.05, 0.1) is 17.5 Å². The molecule has 0 aliphatic carbocycles. The molecule has 0 bridgehead atoms. The van der Waals surface area contributed by atoms with Crippen LogP contribution in [0.15, 0.2) is 64.4 Å². The molecule has 24 heavy (non-hydrogen) atoms. The average Bonchev–Trinajstić information content (AvgIpc) is 2.53. The van der Waals surface area contributed by atoms with Crippen molar-refractivity contribution >= 4 is 21.8 Å². The molecular formula is C18H23NO3S2. The van der Waals surface area contributed by atoms with Gasteiger partial charge in [-0.05, 0) is 45.0 Å². The second-order valence-electron chi connectivity index (χ2n) is 6.19. The number of rotatable bonds is 7. The first kappa shape index (κ1) is 19.0. The molecule has 0 heterocycles. The Balaban J connectivity index is 2.19. The van der Waals surface area contributed by atoms with Crippen molar-refractivity contribution in [3.63, 3.8) is 0 Å². The van der Waals surface area contributed by atoms with Crippen LogP contribution >= 0.6 is 11.8 Å². The second-order valence-corrected chi connectivity index (χ2v) is 9.63. The summed E-state index contributed by atoms with van der Waals surface area (Å²) in [5.74, 6) is 0. The number of nitrogens with one attached hydrogen (secondary N) is 1. The van der Waals surface area contributed by atoms with Crippen molar-refractivity contribution in [3.8, 4) is 0 Å². The van der Waals surface area contributed by atoms with Gasteiger partial charge in [-0.2, -0.15) is 0 Å². The van der Waals surface area contributed by atoms with Gasteiger partial charge in [0.25, 0.3) is 0 Å². The van der Waals surface area contributed by atoms with Crippen LogP contribution in [0.2, 0.25) is 0 Å². The molecule has 0 aliphatic heterocycles. The Bertz CT molecular complexity index is 757. The van der Waals surface area contributed by atoms with Gasteiger partial charge >= 0.3 is 0 Å². The molecule has 0 aromatic heterocycles. The highest BCUT2D eigenvalue weighted by atomic mass is 32.2. The first-order valence-corrected chi connectivity index (χ1v) is 9.98. The maximum absolute atomic E-state index is 12.6. The molecule has 0 spiro atoms. The monoisotopic (exact) mass is 365 g/mol. The van der Waals surface area contributed by atoms with Crippen molar-refractivity contribution in [2.45, 2.75) is 41.4 Å². The summed E-state index contributed by atoms with van der Waals surface area (Å²) in [6.07, 6.45) is 0. The highest BCUT2D eigenvalue weighted by Gasteiger charge is 2.34. The Morgan fingerprint density at radius 2 is 1.67 bits per heavy atom. The average molecular weight is 366 g/mol. The highest BCUT2D eigenvalue weighted by Crippen LogP contribution is 2.35. The van der Waals surface area contributed by atoms with Crippen LogP contribution in [0, 0.1) is 6.92 Å². The van der Waals surface area contributed by atoms with Crippen LogP contribution in [0.3, 0.4) is 0 Å². The van der Waals surface area contributed by atoms with Crippen molar-refractivity contribution in [2.24, 2.45) is 0 Å². The summed E-state index contributed by atoms with van der Waals surface area (Å²) in [5, 5.41) is 9.75. The second kappa shape index (κ2) is 7.70. The Kier molecular flexibility index (Phi) is 6.09. The molecule has 2 rings (SSSR count). The Hall–Kier alpha value is -1.34. The van der Waals surface area contributed by atoms with Gasteiger partial charge in [0, 0.05) is 9.64 Å². The molecule has 0 amide bonds. The summed E-state index contributed by atoms with van der Waals surface area (Å²) in [4.78, 5) is 1.22. The van der Waals surface area contributed by atoms with E-state index in [1.165, 1.54) is 11.8 Å². The lowest BCUT2D eigenvalue weighted by molar-refractivity contribution is 0.238. The SMILES string of the molecule is Cc1ccc(S(=O)(=O)NC(CO)C(C)(C)Sc2ccccc2)cc1. The number of aliphatic hydroxyl groups is 1. The highest BCUT2D eigenvalue weighted by molar-refractivity contribution is 8.00. The zero-order valence-corrected chi connectivity index (χ0v) is 15.7. The van der Waals surface area contributed by atoms with Gasteiger partial charge in [-0.25, -0.2) is 13.1 Å². The number of aliphatic hydroxyl groups excluding tert-OH is 1. The summed E-state index contributed by atoms with van der Waals surface area (Å²) in [7, 11) is -3.69. The molecular weight excluding hydrogens is 342 g/mol. The Morgan fingerprint density at radius 1 is 1.08 bits per heavy atom. The number of thioether (sulfide) groups is 1. The van der Waals surface area contributed by atoms with E-state index in [4.69, 9.17) is 0 Å². The lowest BCUT2D eigenvalue weighted by atomic mass is 10.1. The van der Waals surface area contributed by atoms with Crippen molar-refractivity contribution < 1.29 is 13.5 Å². The van der Waals surface area contributed by atoms with Gasteiger partial charge in [0.15, 0.2) is 0 Å². The lowest BCUT2D eigenvalue weighted by Crippen LogP contribution is -2.49. The zero-order chi connectivity index (χ0) is 17.8. The molecule has 0 fully saturated rings. The maximum atomic E-state index is 12.6. The summed E-state index contributed by atoms with van der Waals surface area (Å²) >= 11 is 1.53. The van der Waals surface area contributed by atoms with E-state index in [0.717, 1.165) is 10.5 Å². The standard InChI is InChI=1S/C18H23NO3S2/c1-14-9-11-16(12-10-14)24(21,22)19-17(13-20)18(2,3)23-15-7-5-4-6-8-15/h4-12,17,19-20H,13H2,1-3H3. The fourth-order valence-electron chi connectivity index (χ4n) is 2.24. The number of hydrogen-bond donors (Lipinski definition) is 2. The third-order valence-corrected chi connectivity index (χ3v) is 6.58. The van der Waals surface area contributed by atoms with Crippen LogP contribution < -0.4 is 4.72 Å².